The second kappa shape index (κ2) is 10.9. The SMILES string of the molecule is C=CCC(=O)OC(=O)C(COC)(COC(=O)C(=C)C)OC(=O)CC=C. The van der Waals surface area contributed by atoms with Crippen molar-refractivity contribution in [2.24, 2.45) is 0 Å². The third-order valence-electron chi connectivity index (χ3n) is 2.67. The van der Waals surface area contributed by atoms with Crippen LogP contribution in [0.4, 0.5) is 0 Å². The van der Waals surface area contributed by atoms with Crippen molar-refractivity contribution >= 4 is 23.9 Å². The Morgan fingerprint density at radius 2 is 1.56 bits per heavy atom. The summed E-state index contributed by atoms with van der Waals surface area (Å²) in [6.45, 7) is 10.3. The van der Waals surface area contributed by atoms with Crippen molar-refractivity contribution in [3.05, 3.63) is 37.5 Å². The Morgan fingerprint density at radius 1 is 1.00 bits per heavy atom. The van der Waals surface area contributed by atoms with Crippen molar-refractivity contribution in [1.29, 1.82) is 0 Å². The van der Waals surface area contributed by atoms with Crippen molar-refractivity contribution in [3.8, 4) is 0 Å². The number of methoxy groups -OCH3 is 1. The predicted octanol–water partition coefficient (Wildman–Crippen LogP) is 1.26. The van der Waals surface area contributed by atoms with Gasteiger partial charge in [-0.1, -0.05) is 18.7 Å². The van der Waals surface area contributed by atoms with Crippen LogP contribution < -0.4 is 0 Å². The quantitative estimate of drug-likeness (QED) is 0.179. The van der Waals surface area contributed by atoms with Gasteiger partial charge in [-0.2, -0.15) is 0 Å². The van der Waals surface area contributed by atoms with Gasteiger partial charge in [-0.25, -0.2) is 9.59 Å². The van der Waals surface area contributed by atoms with Gasteiger partial charge in [0.15, 0.2) is 0 Å². The fourth-order valence-corrected chi connectivity index (χ4v) is 1.53. The first-order valence-corrected chi connectivity index (χ1v) is 7.22. The maximum Gasteiger partial charge on any atom is 0.364 e. The molecule has 0 aliphatic heterocycles. The number of hydrogen-bond acceptors (Lipinski definition) is 8. The molecule has 0 aliphatic rings. The largest absolute Gasteiger partial charge is 0.457 e. The third-order valence-corrected chi connectivity index (χ3v) is 2.67. The number of carbonyl (C=O) groups excluding carboxylic acids is 4. The second-order valence-electron chi connectivity index (χ2n) is 5.00. The van der Waals surface area contributed by atoms with Crippen molar-refractivity contribution < 1.29 is 38.1 Å². The Hall–Kier alpha value is -2.74. The second-order valence-corrected chi connectivity index (χ2v) is 5.00. The highest BCUT2D eigenvalue weighted by Crippen LogP contribution is 2.18. The van der Waals surface area contributed by atoms with Crippen LogP contribution >= 0.6 is 0 Å². The zero-order chi connectivity index (χ0) is 19.5. The molecule has 0 amide bonds. The smallest absolute Gasteiger partial charge is 0.364 e. The molecule has 0 rings (SSSR count). The highest BCUT2D eigenvalue weighted by Gasteiger charge is 2.47. The lowest BCUT2D eigenvalue weighted by Gasteiger charge is -2.29. The van der Waals surface area contributed by atoms with Gasteiger partial charge >= 0.3 is 23.9 Å². The van der Waals surface area contributed by atoms with Gasteiger partial charge in [0.05, 0.1) is 12.8 Å². The minimum Gasteiger partial charge on any atom is -0.457 e. The number of esters is 4. The van der Waals surface area contributed by atoms with Gasteiger partial charge in [0.2, 0.25) is 0 Å². The summed E-state index contributed by atoms with van der Waals surface area (Å²) in [7, 11) is 1.23. The van der Waals surface area contributed by atoms with E-state index in [1.165, 1.54) is 26.2 Å². The minimum absolute atomic E-state index is 0.0693. The van der Waals surface area contributed by atoms with Crippen molar-refractivity contribution in [1.82, 2.24) is 0 Å². The Morgan fingerprint density at radius 3 is 2.04 bits per heavy atom. The molecule has 0 N–H and O–H groups in total. The Balaban J connectivity index is 5.53. The molecule has 8 heteroatoms. The molecule has 1 atom stereocenters. The van der Waals surface area contributed by atoms with Gasteiger partial charge in [-0.05, 0) is 6.92 Å². The van der Waals surface area contributed by atoms with Crippen molar-refractivity contribution in [2.75, 3.05) is 20.3 Å². The standard InChI is InChI=1S/C17H22O8/c1-6-8-13(18)24-16(21)17(10-22-5,25-14(19)9-7-2)11-23-15(20)12(3)4/h6-7H,1-3,8-11H2,4-5H3. The molecule has 0 aliphatic carbocycles. The molecule has 138 valence electrons. The monoisotopic (exact) mass is 354 g/mol. The fraction of sp³-hybridized carbons (Fsp3) is 0.412. The van der Waals surface area contributed by atoms with E-state index in [4.69, 9.17) is 14.2 Å². The molecule has 0 aromatic heterocycles. The summed E-state index contributed by atoms with van der Waals surface area (Å²) in [5.74, 6) is -3.79. The van der Waals surface area contributed by atoms with Gasteiger partial charge in [0, 0.05) is 12.7 Å². The Labute approximate surface area is 146 Å². The number of carbonyl (C=O) groups is 4. The topological polar surface area (TPSA) is 105 Å². The molecule has 8 nitrogen and oxygen atoms in total. The van der Waals surface area contributed by atoms with Gasteiger partial charge in [-0.15, -0.1) is 13.2 Å². The summed E-state index contributed by atoms with van der Waals surface area (Å²) in [6.07, 6.45) is 2.04. The van der Waals surface area contributed by atoms with E-state index in [-0.39, 0.29) is 18.4 Å². The summed E-state index contributed by atoms with van der Waals surface area (Å²) in [5, 5.41) is 0. The normalized spacial score (nSPS) is 12.2. The van der Waals surface area contributed by atoms with Crippen LogP contribution in [-0.4, -0.2) is 49.8 Å². The number of ether oxygens (including phenoxy) is 4. The molecule has 0 aromatic rings. The van der Waals surface area contributed by atoms with E-state index in [0.29, 0.717) is 0 Å². The molecule has 0 fully saturated rings. The average Bonchev–Trinajstić information content (AvgIpc) is 2.52. The first-order valence-electron chi connectivity index (χ1n) is 7.22. The highest BCUT2D eigenvalue weighted by atomic mass is 16.6. The number of hydrogen-bond donors (Lipinski definition) is 0. The van der Waals surface area contributed by atoms with Crippen LogP contribution in [0.5, 0.6) is 0 Å². The molecular formula is C17H22O8. The molecular weight excluding hydrogens is 332 g/mol. The van der Waals surface area contributed by atoms with E-state index in [2.05, 4.69) is 24.5 Å². The lowest BCUT2D eigenvalue weighted by Crippen LogP contribution is -2.53. The van der Waals surface area contributed by atoms with Gasteiger partial charge in [0.25, 0.3) is 5.60 Å². The van der Waals surface area contributed by atoms with E-state index in [0.717, 1.165) is 0 Å². The maximum atomic E-state index is 12.4. The molecule has 0 aromatic carbocycles. The van der Waals surface area contributed by atoms with Gasteiger partial charge in [-0.3, -0.25) is 9.59 Å². The molecule has 25 heavy (non-hydrogen) atoms. The van der Waals surface area contributed by atoms with Crippen LogP contribution in [0.2, 0.25) is 0 Å². The molecule has 0 radical (unpaired) electrons. The first kappa shape index (κ1) is 22.3. The van der Waals surface area contributed by atoms with E-state index in [1.807, 2.05) is 0 Å². The first-order chi connectivity index (χ1) is 11.7. The predicted molar refractivity (Wildman–Crippen MR) is 87.2 cm³/mol. The lowest BCUT2D eigenvalue weighted by molar-refractivity contribution is -0.199. The highest BCUT2D eigenvalue weighted by molar-refractivity contribution is 5.93. The minimum atomic E-state index is -2.14. The van der Waals surface area contributed by atoms with Gasteiger partial charge < -0.3 is 18.9 Å². The number of rotatable bonds is 11. The maximum absolute atomic E-state index is 12.4. The Bertz CT molecular complexity index is 563. The summed E-state index contributed by atoms with van der Waals surface area (Å²) < 4.78 is 19.5. The van der Waals surface area contributed by atoms with Crippen molar-refractivity contribution in [2.45, 2.75) is 25.4 Å². The summed E-state index contributed by atoms with van der Waals surface area (Å²) in [4.78, 5) is 47.3. The van der Waals surface area contributed by atoms with E-state index in [1.54, 1.807) is 0 Å². The Kier molecular flexibility index (Phi) is 9.73. The summed E-state index contributed by atoms with van der Waals surface area (Å²) >= 11 is 0. The van der Waals surface area contributed by atoms with E-state index < -0.39 is 42.7 Å². The average molecular weight is 354 g/mol. The zero-order valence-electron chi connectivity index (χ0n) is 14.4. The molecule has 0 spiro atoms. The van der Waals surface area contributed by atoms with Gasteiger partial charge in [0.1, 0.15) is 13.2 Å². The third kappa shape index (κ3) is 7.58. The summed E-state index contributed by atoms with van der Waals surface area (Å²) in [6, 6.07) is 0. The van der Waals surface area contributed by atoms with Crippen LogP contribution in [0, 0.1) is 0 Å². The van der Waals surface area contributed by atoms with E-state index in [9.17, 15) is 19.2 Å². The van der Waals surface area contributed by atoms with Crippen molar-refractivity contribution in [3.63, 3.8) is 0 Å². The fourth-order valence-electron chi connectivity index (χ4n) is 1.53. The van der Waals surface area contributed by atoms with Crippen LogP contribution in [0.25, 0.3) is 0 Å². The molecule has 0 heterocycles. The molecule has 0 saturated carbocycles. The lowest BCUT2D eigenvalue weighted by atomic mass is 10.1. The summed E-state index contributed by atoms with van der Waals surface area (Å²) in [5.41, 5.74) is -2.07. The molecule has 0 bridgehead atoms. The van der Waals surface area contributed by atoms with Crippen LogP contribution in [0.1, 0.15) is 19.8 Å². The van der Waals surface area contributed by atoms with E-state index >= 15 is 0 Å². The molecule has 0 saturated heterocycles. The zero-order valence-corrected chi connectivity index (χ0v) is 14.4. The van der Waals surface area contributed by atoms with Crippen LogP contribution in [0.15, 0.2) is 37.5 Å². The van der Waals surface area contributed by atoms with Crippen LogP contribution in [0.3, 0.4) is 0 Å². The molecule has 1 unspecified atom stereocenters. The van der Waals surface area contributed by atoms with Crippen LogP contribution in [-0.2, 0) is 38.1 Å².